The van der Waals surface area contributed by atoms with Crippen molar-refractivity contribution in [2.75, 3.05) is 7.11 Å². The summed E-state index contributed by atoms with van der Waals surface area (Å²) in [6, 6.07) is 6.81. The van der Waals surface area contributed by atoms with Crippen molar-refractivity contribution < 1.29 is 18.8 Å². The highest BCUT2D eigenvalue weighted by atomic mass is 19.1. The average Bonchev–Trinajstić information content (AvgIpc) is 3.18. The van der Waals surface area contributed by atoms with Crippen molar-refractivity contribution in [1.29, 1.82) is 0 Å². The fourth-order valence-corrected chi connectivity index (χ4v) is 3.00. The largest absolute Gasteiger partial charge is 0.596 e. The SMILES string of the molecule is COC(=O)C(CC(C)C)[NH+]=C1c2cccn2B(F)n2cccc21. The van der Waals surface area contributed by atoms with Crippen molar-refractivity contribution in [3.63, 3.8) is 0 Å². The maximum Gasteiger partial charge on any atom is 0.596 e. The van der Waals surface area contributed by atoms with Gasteiger partial charge in [0.05, 0.1) is 7.11 Å². The van der Waals surface area contributed by atoms with E-state index in [0.29, 0.717) is 12.3 Å². The third kappa shape index (κ3) is 2.71. The van der Waals surface area contributed by atoms with Crippen molar-refractivity contribution in [3.05, 3.63) is 48.0 Å². The fraction of sp³-hybridized carbons (Fsp3) is 0.375. The third-order valence-electron chi connectivity index (χ3n) is 4.04. The van der Waals surface area contributed by atoms with Crippen LogP contribution in [0.4, 0.5) is 4.32 Å². The fourth-order valence-electron chi connectivity index (χ4n) is 3.00. The number of aromatic nitrogens is 2. The van der Waals surface area contributed by atoms with E-state index in [1.165, 1.54) is 7.11 Å². The molecule has 3 heterocycles. The molecule has 0 fully saturated rings. The molecule has 0 aliphatic carbocycles. The highest BCUT2D eigenvalue weighted by molar-refractivity contribution is 6.50. The molecule has 0 saturated heterocycles. The minimum Gasteiger partial charge on any atom is -0.464 e. The van der Waals surface area contributed by atoms with Crippen LogP contribution in [-0.2, 0) is 9.53 Å². The van der Waals surface area contributed by atoms with Crippen LogP contribution in [-0.4, -0.2) is 41.0 Å². The molecule has 1 unspecified atom stereocenters. The van der Waals surface area contributed by atoms with Crippen LogP contribution in [0.2, 0.25) is 0 Å². The van der Waals surface area contributed by atoms with Crippen molar-refractivity contribution in [2.45, 2.75) is 26.3 Å². The lowest BCUT2D eigenvalue weighted by atomic mass is 9.96. The molecule has 5 nitrogen and oxygen atoms in total. The summed E-state index contributed by atoms with van der Waals surface area (Å²) in [6.45, 7) is 4.10. The summed E-state index contributed by atoms with van der Waals surface area (Å²) < 4.78 is 22.6. The van der Waals surface area contributed by atoms with Crippen molar-refractivity contribution in [2.24, 2.45) is 5.92 Å². The molecular formula is C16H20BFN3O2+. The number of methoxy groups -OCH3 is 1. The molecule has 23 heavy (non-hydrogen) atoms. The number of rotatable bonds is 4. The predicted octanol–water partition coefficient (Wildman–Crippen LogP) is 0.460. The lowest BCUT2D eigenvalue weighted by Crippen LogP contribution is -2.83. The second-order valence-electron chi connectivity index (χ2n) is 6.14. The first-order valence-electron chi connectivity index (χ1n) is 7.72. The standard InChI is InChI=1S/C16H19BFN3O2/c1-11(2)10-12(16(22)23-3)19-15-13-6-4-8-20(13)17(18)21-9-5-7-14(15)21/h4-9,11-12H,10H2,1-3H3/p+1. The summed E-state index contributed by atoms with van der Waals surface area (Å²) in [4.78, 5) is 15.4. The summed E-state index contributed by atoms with van der Waals surface area (Å²) in [5.41, 5.74) is 2.19. The smallest absolute Gasteiger partial charge is 0.464 e. The van der Waals surface area contributed by atoms with E-state index in [2.05, 4.69) is 4.99 Å². The first-order chi connectivity index (χ1) is 11.0. The summed E-state index contributed by atoms with van der Waals surface area (Å²) in [5, 5.41) is 0. The van der Waals surface area contributed by atoms with Crippen LogP contribution in [0.25, 0.3) is 0 Å². The molecule has 0 radical (unpaired) electrons. The van der Waals surface area contributed by atoms with E-state index < -0.39 is 13.3 Å². The van der Waals surface area contributed by atoms with Crippen LogP contribution in [0.5, 0.6) is 0 Å². The molecular weight excluding hydrogens is 296 g/mol. The number of carbonyl (C=O) groups excluding carboxylic acids is 1. The van der Waals surface area contributed by atoms with Gasteiger partial charge in [0.25, 0.3) is 0 Å². The molecule has 1 atom stereocenters. The molecule has 2 aromatic rings. The van der Waals surface area contributed by atoms with Gasteiger partial charge in [0.2, 0.25) is 11.8 Å². The molecule has 2 aromatic heterocycles. The van der Waals surface area contributed by atoms with Crippen molar-refractivity contribution >= 4 is 18.9 Å². The molecule has 1 N–H and O–H groups in total. The van der Waals surface area contributed by atoms with E-state index in [-0.39, 0.29) is 5.97 Å². The molecule has 1 aliphatic rings. The molecule has 0 amide bonds. The Morgan fingerprint density at radius 2 is 1.83 bits per heavy atom. The van der Waals surface area contributed by atoms with E-state index in [9.17, 15) is 9.11 Å². The predicted molar refractivity (Wildman–Crippen MR) is 86.0 cm³/mol. The van der Waals surface area contributed by atoms with Gasteiger partial charge in [-0.15, -0.1) is 0 Å². The van der Waals surface area contributed by atoms with Gasteiger partial charge in [-0.1, -0.05) is 13.8 Å². The second kappa shape index (κ2) is 6.06. The van der Waals surface area contributed by atoms with E-state index in [0.717, 1.165) is 17.1 Å². The molecule has 0 spiro atoms. The summed E-state index contributed by atoms with van der Waals surface area (Å²) in [5.74, 6) is 0.00747. The van der Waals surface area contributed by atoms with Gasteiger partial charge in [0.15, 0.2) is 0 Å². The zero-order chi connectivity index (χ0) is 16.6. The number of nitrogens with one attached hydrogen (secondary N) is 1. The summed E-state index contributed by atoms with van der Waals surface area (Å²) >= 11 is 0. The zero-order valence-electron chi connectivity index (χ0n) is 13.5. The van der Waals surface area contributed by atoms with Gasteiger partial charge in [0, 0.05) is 6.42 Å². The number of hydrogen-bond acceptors (Lipinski definition) is 2. The monoisotopic (exact) mass is 316 g/mol. The number of hydrogen-bond donors (Lipinski definition) is 1. The minimum atomic E-state index is -1.28. The highest BCUT2D eigenvalue weighted by Gasteiger charge is 2.38. The van der Waals surface area contributed by atoms with Crippen LogP contribution in [0.15, 0.2) is 36.7 Å². The van der Waals surface area contributed by atoms with Gasteiger partial charge >= 0.3 is 13.2 Å². The summed E-state index contributed by atoms with van der Waals surface area (Å²) in [6.07, 6.45) is 4.02. The highest BCUT2D eigenvalue weighted by Crippen LogP contribution is 2.18. The lowest BCUT2D eigenvalue weighted by Gasteiger charge is -2.20. The quantitative estimate of drug-likeness (QED) is 0.658. The second-order valence-corrected chi connectivity index (χ2v) is 6.14. The molecule has 7 heteroatoms. The lowest BCUT2D eigenvalue weighted by molar-refractivity contribution is -0.492. The number of nitrogens with zero attached hydrogens (tertiary/aromatic N) is 2. The third-order valence-corrected chi connectivity index (χ3v) is 4.04. The average molecular weight is 316 g/mol. The Labute approximate surface area is 134 Å². The molecule has 0 bridgehead atoms. The van der Waals surface area contributed by atoms with Gasteiger partial charge in [0.1, 0.15) is 11.4 Å². The Balaban J connectivity index is 2.09. The summed E-state index contributed by atoms with van der Waals surface area (Å²) in [7, 11) is 0.100. The van der Waals surface area contributed by atoms with Crippen LogP contribution in [0.1, 0.15) is 31.7 Å². The van der Waals surface area contributed by atoms with E-state index in [4.69, 9.17) is 4.74 Å². The molecule has 0 saturated carbocycles. The van der Waals surface area contributed by atoms with Gasteiger partial charge in [-0.05, 0) is 42.6 Å². The van der Waals surface area contributed by atoms with E-state index in [1.54, 1.807) is 33.5 Å². The van der Waals surface area contributed by atoms with Gasteiger partial charge < -0.3 is 13.7 Å². The number of carbonyl (C=O) groups is 1. The van der Waals surface area contributed by atoms with Crippen molar-refractivity contribution in [1.82, 2.24) is 8.96 Å². The Bertz CT molecular complexity index is 706. The topological polar surface area (TPSA) is 50.1 Å². The Kier molecular flexibility index (Phi) is 4.11. The minimum absolute atomic E-state index is 0.315. The Morgan fingerprint density at radius 1 is 1.26 bits per heavy atom. The first-order valence-corrected chi connectivity index (χ1v) is 7.72. The zero-order valence-corrected chi connectivity index (χ0v) is 13.5. The first kappa shape index (κ1) is 15.6. The number of ether oxygens (including phenoxy) is 1. The van der Waals surface area contributed by atoms with Crippen LogP contribution < -0.4 is 4.99 Å². The normalized spacial score (nSPS) is 14.5. The molecule has 3 rings (SSSR count). The van der Waals surface area contributed by atoms with Gasteiger partial charge in [-0.3, -0.25) is 4.32 Å². The van der Waals surface area contributed by atoms with Crippen LogP contribution in [0, 0.1) is 5.92 Å². The maximum atomic E-state index is 14.6. The molecule has 120 valence electrons. The molecule has 0 aromatic carbocycles. The maximum absolute atomic E-state index is 14.6. The van der Waals surface area contributed by atoms with E-state index >= 15 is 0 Å². The van der Waals surface area contributed by atoms with Crippen LogP contribution in [0.3, 0.4) is 0 Å². The number of halogens is 1. The number of fused-ring (bicyclic) bond motifs is 2. The Morgan fingerprint density at radius 3 is 2.30 bits per heavy atom. The van der Waals surface area contributed by atoms with Gasteiger partial charge in [-0.25, -0.2) is 9.79 Å². The van der Waals surface area contributed by atoms with Gasteiger partial charge in [-0.2, -0.15) is 0 Å². The Hall–Kier alpha value is -2.31. The van der Waals surface area contributed by atoms with E-state index in [1.807, 2.05) is 26.0 Å². The number of esters is 1. The van der Waals surface area contributed by atoms with Crippen molar-refractivity contribution in [3.8, 4) is 0 Å². The van der Waals surface area contributed by atoms with Crippen LogP contribution >= 0.6 is 0 Å². The molecule has 1 aliphatic heterocycles.